The average Bonchev–Trinajstić information content (AvgIpc) is 1.90. The third kappa shape index (κ3) is 4.04. The first-order chi connectivity index (χ1) is 4.70. The molecule has 0 aromatic heterocycles. The monoisotopic (exact) mass is 139 g/mol. The maximum Gasteiger partial charge on any atom is 0.0849 e. The molecule has 0 spiro atoms. The summed E-state index contributed by atoms with van der Waals surface area (Å²) in [6, 6.07) is 0. The second-order valence-corrected chi connectivity index (χ2v) is 2.04. The van der Waals surface area contributed by atoms with E-state index in [9.17, 15) is 0 Å². The van der Waals surface area contributed by atoms with Crippen LogP contribution in [-0.4, -0.2) is 17.9 Å². The molecule has 0 saturated carbocycles. The van der Waals surface area contributed by atoms with Crippen LogP contribution in [0.1, 0.15) is 13.8 Å². The second-order valence-electron chi connectivity index (χ2n) is 2.04. The van der Waals surface area contributed by atoms with Crippen molar-refractivity contribution < 1.29 is 5.11 Å². The molecule has 0 aliphatic heterocycles. The van der Waals surface area contributed by atoms with Gasteiger partial charge in [-0.1, -0.05) is 12.7 Å². The number of aliphatic imine (C=N–C) groups is 1. The highest BCUT2D eigenvalue weighted by Crippen LogP contribution is 1.93. The molecule has 0 radical (unpaired) electrons. The molecule has 0 amide bonds. The van der Waals surface area contributed by atoms with Crippen LogP contribution in [-0.2, 0) is 0 Å². The summed E-state index contributed by atoms with van der Waals surface area (Å²) in [7, 11) is 0. The van der Waals surface area contributed by atoms with Crippen molar-refractivity contribution in [1.29, 1.82) is 0 Å². The van der Waals surface area contributed by atoms with Crippen LogP contribution in [0.4, 0.5) is 0 Å². The average molecular weight is 139 g/mol. The highest BCUT2D eigenvalue weighted by Gasteiger charge is 1.85. The van der Waals surface area contributed by atoms with Crippen LogP contribution < -0.4 is 0 Å². The fourth-order valence-electron chi connectivity index (χ4n) is 0.400. The number of aliphatic hydroxyl groups is 1. The first-order valence-electron chi connectivity index (χ1n) is 3.16. The van der Waals surface area contributed by atoms with Crippen molar-refractivity contribution in [3.05, 3.63) is 23.9 Å². The molecule has 2 heteroatoms. The van der Waals surface area contributed by atoms with E-state index in [2.05, 4.69) is 11.6 Å². The number of nitrogens with zero attached hydrogens (tertiary/aromatic N) is 1. The van der Waals surface area contributed by atoms with Gasteiger partial charge in [0, 0.05) is 6.21 Å². The Balaban J connectivity index is 3.98. The van der Waals surface area contributed by atoms with E-state index in [1.165, 1.54) is 0 Å². The van der Waals surface area contributed by atoms with Gasteiger partial charge in [-0.25, -0.2) is 0 Å². The third-order valence-corrected chi connectivity index (χ3v) is 0.946. The zero-order valence-electron chi connectivity index (χ0n) is 6.46. The fraction of sp³-hybridized carbons (Fsp3) is 0.375. The van der Waals surface area contributed by atoms with Gasteiger partial charge < -0.3 is 5.11 Å². The van der Waals surface area contributed by atoms with E-state index in [1.807, 2.05) is 13.8 Å². The van der Waals surface area contributed by atoms with E-state index in [4.69, 9.17) is 5.11 Å². The number of hydrogen-bond donors (Lipinski definition) is 1. The Kier molecular flexibility index (Phi) is 4.50. The van der Waals surface area contributed by atoms with Crippen LogP contribution in [0.2, 0.25) is 0 Å². The lowest BCUT2D eigenvalue weighted by atomic mass is 10.4. The summed E-state index contributed by atoms with van der Waals surface area (Å²) in [6.45, 7) is 7.31. The highest BCUT2D eigenvalue weighted by atomic mass is 16.3. The van der Waals surface area contributed by atoms with Gasteiger partial charge >= 0.3 is 0 Å². The van der Waals surface area contributed by atoms with Gasteiger partial charge in [-0.2, -0.15) is 0 Å². The molecule has 0 bridgehead atoms. The molecule has 10 heavy (non-hydrogen) atoms. The Morgan fingerprint density at radius 1 is 1.70 bits per heavy atom. The minimum Gasteiger partial charge on any atom is -0.390 e. The second kappa shape index (κ2) is 4.94. The van der Waals surface area contributed by atoms with Gasteiger partial charge in [-0.15, -0.1) is 0 Å². The summed E-state index contributed by atoms with van der Waals surface area (Å²) >= 11 is 0. The van der Waals surface area contributed by atoms with E-state index in [0.29, 0.717) is 5.70 Å². The van der Waals surface area contributed by atoms with Gasteiger partial charge in [-0.3, -0.25) is 4.99 Å². The molecule has 2 nitrogen and oxygen atoms in total. The molecule has 0 aromatic carbocycles. The molecule has 0 saturated heterocycles. The molecular formula is C8H13NO. The minimum absolute atomic E-state index is 0.0136. The Bertz CT molecular complexity index is 168. The van der Waals surface area contributed by atoms with Crippen LogP contribution in [0, 0.1) is 0 Å². The Labute approximate surface area is 61.6 Å². The molecule has 0 aromatic rings. The summed E-state index contributed by atoms with van der Waals surface area (Å²) in [5, 5.41) is 8.63. The smallest absolute Gasteiger partial charge is 0.0849 e. The molecule has 1 N–H and O–H groups in total. The SMILES string of the molecule is C=C(C)C=N/C(=C\C)CO. The number of allylic oxidation sites excluding steroid dienone is 2. The Hall–Kier alpha value is -0.890. The molecule has 0 heterocycles. The molecule has 0 aliphatic carbocycles. The van der Waals surface area contributed by atoms with E-state index in [1.54, 1.807) is 12.3 Å². The van der Waals surface area contributed by atoms with E-state index >= 15 is 0 Å². The normalized spacial score (nSPS) is 12.5. The van der Waals surface area contributed by atoms with Gasteiger partial charge in [0.1, 0.15) is 0 Å². The van der Waals surface area contributed by atoms with Gasteiger partial charge in [0.15, 0.2) is 0 Å². The zero-order chi connectivity index (χ0) is 7.98. The fourth-order valence-corrected chi connectivity index (χ4v) is 0.400. The van der Waals surface area contributed by atoms with Crippen LogP contribution in [0.15, 0.2) is 28.9 Å². The van der Waals surface area contributed by atoms with E-state index < -0.39 is 0 Å². The number of rotatable bonds is 3. The van der Waals surface area contributed by atoms with Crippen LogP contribution in [0.3, 0.4) is 0 Å². The van der Waals surface area contributed by atoms with Crippen molar-refractivity contribution in [2.75, 3.05) is 6.61 Å². The molecule has 0 aliphatic rings. The third-order valence-electron chi connectivity index (χ3n) is 0.946. The highest BCUT2D eigenvalue weighted by molar-refractivity contribution is 5.77. The summed E-state index contributed by atoms with van der Waals surface area (Å²) in [6.07, 6.45) is 3.39. The Morgan fingerprint density at radius 2 is 2.30 bits per heavy atom. The summed E-state index contributed by atoms with van der Waals surface area (Å²) in [5.41, 5.74) is 1.55. The molecule has 0 atom stereocenters. The quantitative estimate of drug-likeness (QED) is 0.591. The molecule has 56 valence electrons. The van der Waals surface area contributed by atoms with Gasteiger partial charge in [0.05, 0.1) is 12.3 Å². The van der Waals surface area contributed by atoms with Crippen LogP contribution >= 0.6 is 0 Å². The lowest BCUT2D eigenvalue weighted by Crippen LogP contribution is -1.86. The largest absolute Gasteiger partial charge is 0.390 e. The van der Waals surface area contributed by atoms with Gasteiger partial charge in [0.25, 0.3) is 0 Å². The van der Waals surface area contributed by atoms with Crippen molar-refractivity contribution in [2.45, 2.75) is 13.8 Å². The first kappa shape index (κ1) is 9.11. The van der Waals surface area contributed by atoms with E-state index in [0.717, 1.165) is 5.57 Å². The number of hydrogen-bond acceptors (Lipinski definition) is 2. The standard InChI is InChI=1S/C8H13NO/c1-4-8(6-10)9-5-7(2)3/h4-5,10H,2,6H2,1,3H3/b8-4-,9-5?. The molecular weight excluding hydrogens is 126 g/mol. The lowest BCUT2D eigenvalue weighted by Gasteiger charge is -1.92. The zero-order valence-corrected chi connectivity index (χ0v) is 6.46. The maximum absolute atomic E-state index is 8.63. The van der Waals surface area contributed by atoms with Crippen molar-refractivity contribution in [1.82, 2.24) is 0 Å². The lowest BCUT2D eigenvalue weighted by molar-refractivity contribution is 0.330. The van der Waals surface area contributed by atoms with Crippen LogP contribution in [0.5, 0.6) is 0 Å². The predicted octanol–water partition coefficient (Wildman–Crippen LogP) is 1.53. The van der Waals surface area contributed by atoms with Gasteiger partial charge in [-0.05, 0) is 19.4 Å². The van der Waals surface area contributed by atoms with Crippen molar-refractivity contribution in [3.63, 3.8) is 0 Å². The van der Waals surface area contributed by atoms with Crippen molar-refractivity contribution >= 4 is 6.21 Å². The summed E-state index contributed by atoms with van der Waals surface area (Å²) in [4.78, 5) is 3.95. The molecule has 0 fully saturated rings. The Morgan fingerprint density at radius 3 is 2.60 bits per heavy atom. The van der Waals surface area contributed by atoms with Crippen molar-refractivity contribution in [2.24, 2.45) is 4.99 Å². The van der Waals surface area contributed by atoms with Crippen LogP contribution in [0.25, 0.3) is 0 Å². The maximum atomic E-state index is 8.63. The van der Waals surface area contributed by atoms with Crippen molar-refractivity contribution in [3.8, 4) is 0 Å². The minimum atomic E-state index is -0.0136. The predicted molar refractivity (Wildman–Crippen MR) is 44.1 cm³/mol. The van der Waals surface area contributed by atoms with E-state index in [-0.39, 0.29) is 6.61 Å². The topological polar surface area (TPSA) is 32.6 Å². The molecule has 0 unspecified atom stereocenters. The first-order valence-corrected chi connectivity index (χ1v) is 3.16. The summed E-state index contributed by atoms with van der Waals surface area (Å²) in [5.74, 6) is 0. The molecule has 0 rings (SSSR count). The summed E-state index contributed by atoms with van der Waals surface area (Å²) < 4.78 is 0. The number of aliphatic hydroxyl groups excluding tert-OH is 1. The van der Waals surface area contributed by atoms with Gasteiger partial charge in [0.2, 0.25) is 0 Å².